The number of aromatic nitrogens is 3. The molecule has 8 nitrogen and oxygen atoms in total. The van der Waals surface area contributed by atoms with Gasteiger partial charge < -0.3 is 19.6 Å². The van der Waals surface area contributed by atoms with Crippen molar-refractivity contribution < 1.29 is 18.8 Å². The van der Waals surface area contributed by atoms with Crippen LogP contribution < -0.4 is 5.32 Å². The minimum atomic E-state index is -0.824. The van der Waals surface area contributed by atoms with Crippen molar-refractivity contribution in [2.45, 2.75) is 12.5 Å². The van der Waals surface area contributed by atoms with Crippen molar-refractivity contribution in [2.24, 2.45) is 0 Å². The number of carbonyl (C=O) groups is 2. The van der Waals surface area contributed by atoms with Gasteiger partial charge in [-0.15, -0.1) is 0 Å². The molecule has 0 radical (unpaired) electrons. The van der Waals surface area contributed by atoms with Gasteiger partial charge in [0.25, 0.3) is 5.91 Å². The molecule has 0 fully saturated rings. The number of esters is 1. The first kappa shape index (κ1) is 12.8. The van der Waals surface area contributed by atoms with Crippen molar-refractivity contribution in [3.05, 3.63) is 36.2 Å². The molecular weight excluding hydrogens is 252 g/mol. The summed E-state index contributed by atoms with van der Waals surface area (Å²) in [4.78, 5) is 30.1. The van der Waals surface area contributed by atoms with Crippen LogP contribution in [0.5, 0.6) is 0 Å². The van der Waals surface area contributed by atoms with Crippen LogP contribution in [0.2, 0.25) is 0 Å². The lowest BCUT2D eigenvalue weighted by molar-refractivity contribution is -0.142. The molecule has 2 aromatic rings. The molecule has 2 N–H and O–H groups in total. The molecule has 100 valence electrons. The van der Waals surface area contributed by atoms with E-state index in [1.807, 2.05) is 0 Å². The quantitative estimate of drug-likeness (QED) is 0.730. The van der Waals surface area contributed by atoms with Crippen molar-refractivity contribution in [1.82, 2.24) is 20.4 Å². The van der Waals surface area contributed by atoms with Crippen molar-refractivity contribution in [2.75, 3.05) is 7.11 Å². The Kier molecular flexibility index (Phi) is 3.91. The van der Waals surface area contributed by atoms with Crippen LogP contribution in [-0.4, -0.2) is 40.2 Å². The lowest BCUT2D eigenvalue weighted by Gasteiger charge is -2.14. The monoisotopic (exact) mass is 264 g/mol. The van der Waals surface area contributed by atoms with Crippen LogP contribution in [0.15, 0.2) is 29.4 Å². The van der Waals surface area contributed by atoms with E-state index in [0.717, 1.165) is 0 Å². The van der Waals surface area contributed by atoms with Crippen molar-refractivity contribution >= 4 is 11.9 Å². The minimum Gasteiger partial charge on any atom is -0.467 e. The van der Waals surface area contributed by atoms with Gasteiger partial charge in [0.05, 0.1) is 13.4 Å². The van der Waals surface area contributed by atoms with E-state index >= 15 is 0 Å². The van der Waals surface area contributed by atoms with Gasteiger partial charge in [-0.25, -0.2) is 9.78 Å². The number of carbonyl (C=O) groups excluding carboxylic acids is 2. The molecule has 2 aromatic heterocycles. The lowest BCUT2D eigenvalue weighted by Crippen LogP contribution is -2.43. The summed E-state index contributed by atoms with van der Waals surface area (Å²) in [7, 11) is 1.25. The highest BCUT2D eigenvalue weighted by Crippen LogP contribution is 2.02. The number of hydrogen-bond donors (Lipinski definition) is 2. The molecule has 2 rings (SSSR count). The summed E-state index contributed by atoms with van der Waals surface area (Å²) in [5.41, 5.74) is 0.800. The van der Waals surface area contributed by atoms with Crippen LogP contribution in [0.3, 0.4) is 0 Å². The summed E-state index contributed by atoms with van der Waals surface area (Å²) in [5, 5.41) is 6.02. The van der Waals surface area contributed by atoms with Crippen molar-refractivity contribution in [1.29, 1.82) is 0 Å². The van der Waals surface area contributed by atoms with E-state index in [0.29, 0.717) is 5.69 Å². The van der Waals surface area contributed by atoms with Crippen LogP contribution in [-0.2, 0) is 16.0 Å². The van der Waals surface area contributed by atoms with E-state index in [9.17, 15) is 9.59 Å². The molecule has 1 atom stereocenters. The summed E-state index contributed by atoms with van der Waals surface area (Å²) >= 11 is 0. The molecule has 0 aliphatic heterocycles. The van der Waals surface area contributed by atoms with Gasteiger partial charge in [-0.2, -0.15) is 0 Å². The maximum Gasteiger partial charge on any atom is 0.328 e. The zero-order valence-corrected chi connectivity index (χ0v) is 10.1. The number of amides is 1. The van der Waals surface area contributed by atoms with E-state index in [-0.39, 0.29) is 12.1 Å². The van der Waals surface area contributed by atoms with E-state index in [2.05, 4.69) is 29.7 Å². The predicted octanol–water partition coefficient (Wildman–Crippen LogP) is -0.0882. The second-order valence-electron chi connectivity index (χ2n) is 3.71. The third-order valence-corrected chi connectivity index (χ3v) is 2.44. The van der Waals surface area contributed by atoms with Gasteiger partial charge in [-0.3, -0.25) is 4.79 Å². The Labute approximate surface area is 108 Å². The summed E-state index contributed by atoms with van der Waals surface area (Å²) in [6.45, 7) is 0. The molecule has 0 unspecified atom stereocenters. The molecule has 0 spiro atoms. The van der Waals surface area contributed by atoms with Gasteiger partial charge in [0.2, 0.25) is 0 Å². The maximum absolute atomic E-state index is 11.8. The molecule has 0 saturated carbocycles. The molecule has 8 heteroatoms. The number of imidazole rings is 1. The molecular formula is C11H12N4O4. The number of methoxy groups -OCH3 is 1. The number of nitrogens with zero attached hydrogens (tertiary/aromatic N) is 2. The Morgan fingerprint density at radius 1 is 1.58 bits per heavy atom. The van der Waals surface area contributed by atoms with Crippen LogP contribution in [0.25, 0.3) is 0 Å². The molecule has 2 heterocycles. The van der Waals surface area contributed by atoms with Crippen LogP contribution in [0, 0.1) is 0 Å². The third kappa shape index (κ3) is 3.18. The number of hydrogen-bond acceptors (Lipinski definition) is 6. The highest BCUT2D eigenvalue weighted by atomic mass is 16.5. The molecule has 1 amide bonds. The Morgan fingerprint density at radius 2 is 2.42 bits per heavy atom. The second-order valence-corrected chi connectivity index (χ2v) is 3.71. The average Bonchev–Trinajstić information content (AvgIpc) is 3.09. The highest BCUT2D eigenvalue weighted by molar-refractivity contribution is 5.95. The SMILES string of the molecule is COC(=O)[C@H](Cc1cnc[nH]1)NC(=O)c1ccon1. The number of aromatic amines is 1. The normalized spacial score (nSPS) is 11.8. The van der Waals surface area contributed by atoms with Crippen LogP contribution in [0.4, 0.5) is 0 Å². The van der Waals surface area contributed by atoms with E-state index in [1.54, 1.807) is 6.20 Å². The molecule has 0 aromatic carbocycles. The topological polar surface area (TPSA) is 110 Å². The van der Waals surface area contributed by atoms with Gasteiger partial charge in [-0.05, 0) is 0 Å². The third-order valence-electron chi connectivity index (χ3n) is 2.44. The lowest BCUT2D eigenvalue weighted by atomic mass is 10.1. The van der Waals surface area contributed by atoms with Gasteiger partial charge in [0.1, 0.15) is 12.3 Å². The van der Waals surface area contributed by atoms with Gasteiger partial charge in [0.15, 0.2) is 5.69 Å². The van der Waals surface area contributed by atoms with Gasteiger partial charge in [0, 0.05) is 24.4 Å². The first-order chi connectivity index (χ1) is 9.20. The fourth-order valence-corrected chi connectivity index (χ4v) is 1.51. The van der Waals surface area contributed by atoms with Crippen molar-refractivity contribution in [3.63, 3.8) is 0 Å². The first-order valence-corrected chi connectivity index (χ1v) is 5.47. The Balaban J connectivity index is 2.06. The van der Waals surface area contributed by atoms with E-state index in [1.165, 1.54) is 25.8 Å². The summed E-state index contributed by atoms with van der Waals surface area (Å²) in [6.07, 6.45) is 4.58. The zero-order valence-electron chi connectivity index (χ0n) is 10.1. The molecule has 0 bridgehead atoms. The molecule has 0 saturated heterocycles. The van der Waals surface area contributed by atoms with Crippen molar-refractivity contribution in [3.8, 4) is 0 Å². The summed E-state index contributed by atoms with van der Waals surface area (Å²) in [5.74, 6) is -1.06. The first-order valence-electron chi connectivity index (χ1n) is 5.47. The smallest absolute Gasteiger partial charge is 0.328 e. The zero-order chi connectivity index (χ0) is 13.7. The Morgan fingerprint density at radius 3 is 3.00 bits per heavy atom. The Bertz CT molecular complexity index is 535. The molecule has 0 aliphatic rings. The maximum atomic E-state index is 11.8. The summed E-state index contributed by atoms with van der Waals surface area (Å²) in [6, 6.07) is 0.578. The highest BCUT2D eigenvalue weighted by Gasteiger charge is 2.24. The second kappa shape index (κ2) is 5.80. The predicted molar refractivity (Wildman–Crippen MR) is 62.1 cm³/mol. The fourth-order valence-electron chi connectivity index (χ4n) is 1.51. The minimum absolute atomic E-state index is 0.0958. The molecule has 19 heavy (non-hydrogen) atoms. The van der Waals surface area contributed by atoms with Crippen LogP contribution in [0.1, 0.15) is 16.2 Å². The number of nitrogens with one attached hydrogen (secondary N) is 2. The molecule has 0 aliphatic carbocycles. The largest absolute Gasteiger partial charge is 0.467 e. The number of ether oxygens (including phenoxy) is 1. The number of rotatable bonds is 5. The average molecular weight is 264 g/mol. The Hall–Kier alpha value is -2.64. The van der Waals surface area contributed by atoms with Crippen LogP contribution >= 0.6 is 0 Å². The number of H-pyrrole nitrogens is 1. The van der Waals surface area contributed by atoms with E-state index < -0.39 is 17.9 Å². The standard InChI is InChI=1S/C11H12N4O4/c1-18-11(17)9(4-7-5-12-6-13-7)14-10(16)8-2-3-19-15-8/h2-3,5-6,9H,4H2,1H3,(H,12,13)(H,14,16)/t9-/m0/s1. The van der Waals surface area contributed by atoms with Gasteiger partial charge >= 0.3 is 5.97 Å². The van der Waals surface area contributed by atoms with E-state index in [4.69, 9.17) is 0 Å². The van der Waals surface area contributed by atoms with Gasteiger partial charge in [-0.1, -0.05) is 5.16 Å². The fraction of sp³-hybridized carbons (Fsp3) is 0.273. The summed E-state index contributed by atoms with van der Waals surface area (Å²) < 4.78 is 9.21.